The van der Waals surface area contributed by atoms with E-state index < -0.39 is 0 Å². The molecule has 1 aromatic rings. The van der Waals surface area contributed by atoms with Gasteiger partial charge in [-0.3, -0.25) is 4.90 Å². The molecule has 90 valence electrons. The molecule has 0 radical (unpaired) electrons. The van der Waals surface area contributed by atoms with Crippen molar-refractivity contribution in [1.29, 1.82) is 5.26 Å². The fourth-order valence-electron chi connectivity index (χ4n) is 2.10. The Bertz CT molecular complexity index is 415. The standard InChI is InChI=1S/C12H17N5/c1-10(2)16-3-5-17(6-4-16)12-11(7-13)8-14-9-15-12/h8-10H,3-6H2,1-2H3. The van der Waals surface area contributed by atoms with Crippen LogP contribution in [0.3, 0.4) is 0 Å². The fraction of sp³-hybridized carbons (Fsp3) is 0.583. The normalized spacial score (nSPS) is 17.2. The summed E-state index contributed by atoms with van der Waals surface area (Å²) in [5, 5.41) is 9.02. The van der Waals surface area contributed by atoms with Crippen molar-refractivity contribution in [3.63, 3.8) is 0 Å². The zero-order chi connectivity index (χ0) is 12.3. The second-order valence-electron chi connectivity index (χ2n) is 4.49. The van der Waals surface area contributed by atoms with Crippen LogP contribution in [0.5, 0.6) is 0 Å². The van der Waals surface area contributed by atoms with Crippen molar-refractivity contribution in [2.75, 3.05) is 31.1 Å². The molecule has 1 aromatic heterocycles. The number of nitrogens with zero attached hydrogens (tertiary/aromatic N) is 5. The van der Waals surface area contributed by atoms with Gasteiger partial charge in [0.05, 0.1) is 6.20 Å². The minimum Gasteiger partial charge on any atom is -0.353 e. The van der Waals surface area contributed by atoms with Gasteiger partial charge in [-0.05, 0) is 13.8 Å². The summed E-state index contributed by atoms with van der Waals surface area (Å²) in [6.07, 6.45) is 3.09. The molecule has 1 fully saturated rings. The molecule has 1 saturated heterocycles. The molecule has 0 atom stereocenters. The molecule has 0 aromatic carbocycles. The summed E-state index contributed by atoms with van der Waals surface area (Å²) >= 11 is 0. The van der Waals surface area contributed by atoms with Gasteiger partial charge in [-0.1, -0.05) is 0 Å². The highest BCUT2D eigenvalue weighted by molar-refractivity contribution is 5.52. The Balaban J connectivity index is 2.08. The molecule has 5 heteroatoms. The number of piperazine rings is 1. The Morgan fingerprint density at radius 2 is 2.00 bits per heavy atom. The Kier molecular flexibility index (Phi) is 3.55. The van der Waals surface area contributed by atoms with Crippen LogP contribution in [0.4, 0.5) is 5.82 Å². The van der Waals surface area contributed by atoms with Crippen molar-refractivity contribution in [1.82, 2.24) is 14.9 Å². The molecule has 1 aliphatic heterocycles. The van der Waals surface area contributed by atoms with Gasteiger partial charge in [-0.25, -0.2) is 9.97 Å². The molecule has 2 rings (SSSR count). The molecule has 0 spiro atoms. The highest BCUT2D eigenvalue weighted by Gasteiger charge is 2.21. The predicted octanol–water partition coefficient (Wildman–Crippen LogP) is 0.879. The van der Waals surface area contributed by atoms with E-state index in [0.717, 1.165) is 32.0 Å². The molecule has 2 heterocycles. The quantitative estimate of drug-likeness (QED) is 0.756. The molecule has 5 nitrogen and oxygen atoms in total. The van der Waals surface area contributed by atoms with E-state index in [1.807, 2.05) is 0 Å². The third-order valence-electron chi connectivity index (χ3n) is 3.16. The second-order valence-corrected chi connectivity index (χ2v) is 4.49. The molecule has 0 aliphatic carbocycles. The molecular weight excluding hydrogens is 214 g/mol. The summed E-state index contributed by atoms with van der Waals surface area (Å²) in [5.41, 5.74) is 0.561. The van der Waals surface area contributed by atoms with Gasteiger partial charge in [0.2, 0.25) is 0 Å². The van der Waals surface area contributed by atoms with Crippen LogP contribution >= 0.6 is 0 Å². The zero-order valence-electron chi connectivity index (χ0n) is 10.3. The maximum Gasteiger partial charge on any atom is 0.150 e. The average molecular weight is 231 g/mol. The molecule has 0 unspecified atom stereocenters. The van der Waals surface area contributed by atoms with Crippen LogP contribution in [0, 0.1) is 11.3 Å². The van der Waals surface area contributed by atoms with Gasteiger partial charge in [0.15, 0.2) is 0 Å². The topological polar surface area (TPSA) is 56.1 Å². The number of aromatic nitrogens is 2. The van der Waals surface area contributed by atoms with Gasteiger partial charge in [0, 0.05) is 32.2 Å². The van der Waals surface area contributed by atoms with E-state index in [1.54, 1.807) is 6.20 Å². The highest BCUT2D eigenvalue weighted by Crippen LogP contribution is 2.17. The van der Waals surface area contributed by atoms with Crippen molar-refractivity contribution in [3.05, 3.63) is 18.1 Å². The average Bonchev–Trinajstić information content (AvgIpc) is 2.39. The first kappa shape index (κ1) is 11.8. The summed E-state index contributed by atoms with van der Waals surface area (Å²) in [6.45, 7) is 8.30. The van der Waals surface area contributed by atoms with Crippen LogP contribution in [0.15, 0.2) is 12.5 Å². The summed E-state index contributed by atoms with van der Waals surface area (Å²) < 4.78 is 0. The third-order valence-corrected chi connectivity index (χ3v) is 3.16. The summed E-state index contributed by atoms with van der Waals surface area (Å²) in [4.78, 5) is 12.7. The van der Waals surface area contributed by atoms with Gasteiger partial charge in [-0.15, -0.1) is 0 Å². The van der Waals surface area contributed by atoms with Crippen LogP contribution in [-0.4, -0.2) is 47.1 Å². The molecular formula is C12H17N5. The Hall–Kier alpha value is -1.67. The molecule has 0 amide bonds. The number of anilines is 1. The van der Waals surface area contributed by atoms with E-state index in [9.17, 15) is 0 Å². The van der Waals surface area contributed by atoms with Gasteiger partial charge in [0.25, 0.3) is 0 Å². The number of hydrogen-bond donors (Lipinski definition) is 0. The molecule has 0 N–H and O–H groups in total. The fourth-order valence-corrected chi connectivity index (χ4v) is 2.10. The van der Waals surface area contributed by atoms with Crippen LogP contribution in [-0.2, 0) is 0 Å². The van der Waals surface area contributed by atoms with Gasteiger partial charge < -0.3 is 4.90 Å². The lowest BCUT2D eigenvalue weighted by Crippen LogP contribution is -2.49. The first-order valence-electron chi connectivity index (χ1n) is 5.91. The van der Waals surface area contributed by atoms with Crippen LogP contribution < -0.4 is 4.90 Å². The smallest absolute Gasteiger partial charge is 0.150 e. The molecule has 1 aliphatic rings. The Morgan fingerprint density at radius 3 is 2.59 bits per heavy atom. The van der Waals surface area contributed by atoms with E-state index in [1.165, 1.54) is 6.33 Å². The Morgan fingerprint density at radius 1 is 1.29 bits per heavy atom. The minimum atomic E-state index is 0.561. The van der Waals surface area contributed by atoms with Crippen LogP contribution in [0.2, 0.25) is 0 Å². The summed E-state index contributed by atoms with van der Waals surface area (Å²) in [6, 6.07) is 2.73. The van der Waals surface area contributed by atoms with E-state index in [2.05, 4.69) is 39.7 Å². The number of hydrogen-bond acceptors (Lipinski definition) is 5. The SMILES string of the molecule is CC(C)N1CCN(c2ncncc2C#N)CC1. The van der Waals surface area contributed by atoms with Gasteiger partial charge in [0.1, 0.15) is 23.8 Å². The zero-order valence-corrected chi connectivity index (χ0v) is 10.3. The van der Waals surface area contributed by atoms with Crippen molar-refractivity contribution in [2.45, 2.75) is 19.9 Å². The predicted molar refractivity (Wildman–Crippen MR) is 65.7 cm³/mol. The minimum absolute atomic E-state index is 0.561. The summed E-state index contributed by atoms with van der Waals surface area (Å²) in [5.74, 6) is 0.769. The lowest BCUT2D eigenvalue weighted by Gasteiger charge is -2.37. The first-order valence-corrected chi connectivity index (χ1v) is 5.91. The second kappa shape index (κ2) is 5.11. The lowest BCUT2D eigenvalue weighted by molar-refractivity contribution is 0.209. The lowest BCUT2D eigenvalue weighted by atomic mass is 10.2. The van der Waals surface area contributed by atoms with Crippen molar-refractivity contribution in [3.8, 4) is 6.07 Å². The highest BCUT2D eigenvalue weighted by atomic mass is 15.3. The molecule has 0 saturated carbocycles. The van der Waals surface area contributed by atoms with Crippen molar-refractivity contribution in [2.24, 2.45) is 0 Å². The third kappa shape index (κ3) is 2.53. The van der Waals surface area contributed by atoms with E-state index in [-0.39, 0.29) is 0 Å². The van der Waals surface area contributed by atoms with E-state index in [0.29, 0.717) is 11.6 Å². The maximum atomic E-state index is 9.02. The monoisotopic (exact) mass is 231 g/mol. The maximum absolute atomic E-state index is 9.02. The number of nitriles is 1. The van der Waals surface area contributed by atoms with Gasteiger partial charge >= 0.3 is 0 Å². The first-order chi connectivity index (χ1) is 8.22. The molecule has 17 heavy (non-hydrogen) atoms. The largest absolute Gasteiger partial charge is 0.353 e. The van der Waals surface area contributed by atoms with E-state index >= 15 is 0 Å². The van der Waals surface area contributed by atoms with Crippen LogP contribution in [0.1, 0.15) is 19.4 Å². The van der Waals surface area contributed by atoms with Gasteiger partial charge in [-0.2, -0.15) is 5.26 Å². The van der Waals surface area contributed by atoms with Crippen LogP contribution in [0.25, 0.3) is 0 Å². The Labute approximate surface area is 102 Å². The molecule has 0 bridgehead atoms. The van der Waals surface area contributed by atoms with Crippen molar-refractivity contribution >= 4 is 5.82 Å². The van der Waals surface area contributed by atoms with E-state index in [4.69, 9.17) is 5.26 Å². The van der Waals surface area contributed by atoms with Crippen molar-refractivity contribution < 1.29 is 0 Å². The summed E-state index contributed by atoms with van der Waals surface area (Å²) in [7, 11) is 0. The number of rotatable bonds is 2.